The monoisotopic (exact) mass is 480 g/mol. The zero-order valence-corrected chi connectivity index (χ0v) is 21.3. The Balaban J connectivity index is 1.87. The number of hydrogen-bond donors (Lipinski definition) is 2. The number of aromatic nitrogens is 1. The van der Waals surface area contributed by atoms with Gasteiger partial charge in [0.25, 0.3) is 0 Å². The van der Waals surface area contributed by atoms with Crippen molar-refractivity contribution in [3.05, 3.63) is 87.9 Å². The van der Waals surface area contributed by atoms with Crippen molar-refractivity contribution in [3.63, 3.8) is 0 Å². The molecule has 6 heteroatoms. The van der Waals surface area contributed by atoms with E-state index in [1.165, 1.54) is 4.88 Å². The highest BCUT2D eigenvalue weighted by Crippen LogP contribution is 2.29. The van der Waals surface area contributed by atoms with Gasteiger partial charge in [0, 0.05) is 23.4 Å². The van der Waals surface area contributed by atoms with Crippen LogP contribution in [0.15, 0.2) is 66.9 Å². The number of hydrogen-bond acceptors (Lipinski definition) is 5. The number of carbonyl (C=O) groups is 1. The molecule has 0 spiro atoms. The lowest BCUT2D eigenvalue weighted by molar-refractivity contribution is 0.0384. The molecule has 0 radical (unpaired) electrons. The maximum Gasteiger partial charge on any atom is 0.407 e. The number of benzene rings is 2. The average Bonchev–Trinajstić information content (AvgIpc) is 3.28. The lowest BCUT2D eigenvalue weighted by Gasteiger charge is -2.33. The van der Waals surface area contributed by atoms with Crippen molar-refractivity contribution in [1.29, 1.82) is 0 Å². The van der Waals surface area contributed by atoms with Crippen LogP contribution in [0.5, 0.6) is 0 Å². The molecular formula is C28H36N2O3S. The van der Waals surface area contributed by atoms with Crippen molar-refractivity contribution >= 4 is 17.4 Å². The van der Waals surface area contributed by atoms with E-state index in [0.717, 1.165) is 22.6 Å². The highest BCUT2D eigenvalue weighted by Gasteiger charge is 2.32. The van der Waals surface area contributed by atoms with E-state index in [4.69, 9.17) is 4.74 Å². The minimum absolute atomic E-state index is 0.131. The van der Waals surface area contributed by atoms with Crippen molar-refractivity contribution in [2.45, 2.75) is 77.0 Å². The SMILES string of the molecule is CCc1cnc(CC[C@H](O)[C@@H](NC(=O)OC(C)(C)C)C(Cc2ccccc2)c2ccccc2)s1. The minimum Gasteiger partial charge on any atom is -0.444 e. The van der Waals surface area contributed by atoms with Crippen LogP contribution in [0.1, 0.15) is 61.0 Å². The van der Waals surface area contributed by atoms with Gasteiger partial charge in [-0.2, -0.15) is 0 Å². The summed E-state index contributed by atoms with van der Waals surface area (Å²) in [7, 11) is 0. The second-order valence-electron chi connectivity index (χ2n) is 9.56. The van der Waals surface area contributed by atoms with Gasteiger partial charge in [-0.3, -0.25) is 0 Å². The van der Waals surface area contributed by atoms with Gasteiger partial charge < -0.3 is 15.2 Å². The first kappa shape index (κ1) is 25.9. The molecule has 1 aromatic heterocycles. The summed E-state index contributed by atoms with van der Waals surface area (Å²) in [6.45, 7) is 7.63. The normalized spacial score (nSPS) is 14.3. The first-order valence-electron chi connectivity index (χ1n) is 11.9. The quantitative estimate of drug-likeness (QED) is 0.378. The van der Waals surface area contributed by atoms with E-state index in [-0.39, 0.29) is 5.92 Å². The number of aliphatic hydroxyl groups is 1. The smallest absolute Gasteiger partial charge is 0.407 e. The van der Waals surface area contributed by atoms with Gasteiger partial charge in [-0.25, -0.2) is 9.78 Å². The second-order valence-corrected chi connectivity index (χ2v) is 10.8. The Hall–Kier alpha value is -2.70. The fourth-order valence-corrected chi connectivity index (χ4v) is 4.88. The number of ether oxygens (including phenoxy) is 1. The largest absolute Gasteiger partial charge is 0.444 e. The van der Waals surface area contributed by atoms with Crippen molar-refractivity contribution in [2.75, 3.05) is 0 Å². The molecule has 1 heterocycles. The van der Waals surface area contributed by atoms with Crippen LogP contribution in [-0.4, -0.2) is 33.9 Å². The van der Waals surface area contributed by atoms with Gasteiger partial charge in [-0.15, -0.1) is 11.3 Å². The lowest BCUT2D eigenvalue weighted by Crippen LogP contribution is -2.49. The third-order valence-electron chi connectivity index (χ3n) is 5.66. The molecular weight excluding hydrogens is 444 g/mol. The number of alkyl carbamates (subject to hydrolysis) is 1. The van der Waals surface area contributed by atoms with Gasteiger partial charge in [0.05, 0.1) is 17.2 Å². The number of carbonyl (C=O) groups excluding carboxylic acids is 1. The molecule has 0 fully saturated rings. The van der Waals surface area contributed by atoms with Crippen LogP contribution in [0, 0.1) is 0 Å². The minimum atomic E-state index is -0.768. The van der Waals surface area contributed by atoms with Gasteiger partial charge in [0.2, 0.25) is 0 Å². The Labute approximate surface area is 207 Å². The third-order valence-corrected chi connectivity index (χ3v) is 6.86. The molecule has 3 rings (SSSR count). The van der Waals surface area contributed by atoms with Crippen LogP contribution < -0.4 is 5.32 Å². The Morgan fingerprint density at radius 2 is 1.74 bits per heavy atom. The van der Waals surface area contributed by atoms with Crippen molar-refractivity contribution in [2.24, 2.45) is 0 Å². The maximum atomic E-state index is 12.8. The van der Waals surface area contributed by atoms with E-state index in [1.807, 2.05) is 63.4 Å². The van der Waals surface area contributed by atoms with E-state index in [9.17, 15) is 9.90 Å². The number of rotatable bonds is 10. The van der Waals surface area contributed by atoms with Crippen LogP contribution in [0.3, 0.4) is 0 Å². The fourth-order valence-electron chi connectivity index (χ4n) is 4.01. The molecule has 1 unspecified atom stereocenters. The van der Waals surface area contributed by atoms with Crippen LogP contribution in [0.25, 0.3) is 0 Å². The fraction of sp³-hybridized carbons (Fsp3) is 0.429. The Morgan fingerprint density at radius 1 is 1.09 bits per heavy atom. The average molecular weight is 481 g/mol. The number of amides is 1. The standard InChI is InChI=1S/C28H36N2O3S/c1-5-22-19-29-25(34-22)17-16-24(31)26(30-27(32)33-28(2,3)4)23(21-14-10-7-11-15-21)18-20-12-8-6-9-13-20/h6-15,19,23-24,26,31H,5,16-18H2,1-4H3,(H,30,32)/t23?,24-,26-/m0/s1. The number of aryl methyl sites for hydroxylation is 2. The zero-order valence-electron chi connectivity index (χ0n) is 20.5. The predicted molar refractivity (Wildman–Crippen MR) is 138 cm³/mol. The Morgan fingerprint density at radius 3 is 2.32 bits per heavy atom. The summed E-state index contributed by atoms with van der Waals surface area (Å²) in [5.74, 6) is -0.131. The van der Waals surface area contributed by atoms with Crippen molar-refractivity contribution in [3.8, 4) is 0 Å². The molecule has 182 valence electrons. The first-order valence-corrected chi connectivity index (χ1v) is 12.8. The molecule has 3 aromatic rings. The topological polar surface area (TPSA) is 71.5 Å². The molecule has 1 amide bonds. The van der Waals surface area contributed by atoms with E-state index in [2.05, 4.69) is 41.5 Å². The Kier molecular flexibility index (Phi) is 9.25. The van der Waals surface area contributed by atoms with Gasteiger partial charge in [0.1, 0.15) is 5.60 Å². The predicted octanol–water partition coefficient (Wildman–Crippen LogP) is 5.92. The van der Waals surface area contributed by atoms with Crippen LogP contribution in [-0.2, 0) is 24.0 Å². The van der Waals surface area contributed by atoms with Gasteiger partial charge in [-0.05, 0) is 51.2 Å². The summed E-state index contributed by atoms with van der Waals surface area (Å²) in [6.07, 6.45) is 3.41. The molecule has 2 N–H and O–H groups in total. The highest BCUT2D eigenvalue weighted by atomic mass is 32.1. The molecule has 0 aliphatic rings. The van der Waals surface area contributed by atoms with E-state index < -0.39 is 23.8 Å². The number of nitrogens with zero attached hydrogens (tertiary/aromatic N) is 1. The van der Waals surface area contributed by atoms with E-state index >= 15 is 0 Å². The van der Waals surface area contributed by atoms with E-state index in [1.54, 1.807) is 11.3 Å². The van der Waals surface area contributed by atoms with Crippen LogP contribution in [0.4, 0.5) is 4.79 Å². The molecule has 0 saturated heterocycles. The van der Waals surface area contributed by atoms with E-state index in [0.29, 0.717) is 19.3 Å². The summed E-state index contributed by atoms with van der Waals surface area (Å²) in [5.41, 5.74) is 1.58. The molecule has 0 aliphatic heterocycles. The second kappa shape index (κ2) is 12.1. The molecule has 2 aromatic carbocycles. The number of nitrogens with one attached hydrogen (secondary N) is 1. The molecule has 0 bridgehead atoms. The van der Waals surface area contributed by atoms with Crippen molar-refractivity contribution in [1.82, 2.24) is 10.3 Å². The van der Waals surface area contributed by atoms with Gasteiger partial charge >= 0.3 is 6.09 Å². The summed E-state index contributed by atoms with van der Waals surface area (Å²) >= 11 is 1.68. The summed E-state index contributed by atoms with van der Waals surface area (Å²) in [4.78, 5) is 18.6. The van der Waals surface area contributed by atoms with Gasteiger partial charge in [-0.1, -0.05) is 67.6 Å². The maximum absolute atomic E-state index is 12.8. The molecule has 5 nitrogen and oxygen atoms in total. The van der Waals surface area contributed by atoms with Crippen LogP contribution >= 0.6 is 11.3 Å². The summed E-state index contributed by atoms with van der Waals surface area (Å²) in [5, 5.41) is 15.4. The zero-order chi connectivity index (χ0) is 24.6. The molecule has 3 atom stereocenters. The third kappa shape index (κ3) is 7.96. The Bertz CT molecular complexity index is 1010. The molecule has 34 heavy (non-hydrogen) atoms. The highest BCUT2D eigenvalue weighted by molar-refractivity contribution is 7.11. The summed E-state index contributed by atoms with van der Waals surface area (Å²) in [6, 6.07) is 19.7. The number of thiazole rings is 1. The summed E-state index contributed by atoms with van der Waals surface area (Å²) < 4.78 is 5.56. The first-order chi connectivity index (χ1) is 16.2. The number of aliphatic hydroxyl groups excluding tert-OH is 1. The molecule has 0 aliphatic carbocycles. The lowest BCUT2D eigenvalue weighted by atomic mass is 9.82. The molecule has 0 saturated carbocycles. The van der Waals surface area contributed by atoms with Crippen LogP contribution in [0.2, 0.25) is 0 Å². The van der Waals surface area contributed by atoms with Crippen molar-refractivity contribution < 1.29 is 14.6 Å². The van der Waals surface area contributed by atoms with Gasteiger partial charge in [0.15, 0.2) is 0 Å².